The van der Waals surface area contributed by atoms with Crippen LogP contribution in [0.2, 0.25) is 0 Å². The summed E-state index contributed by atoms with van der Waals surface area (Å²) in [5.74, 6) is 0.430. The van der Waals surface area contributed by atoms with Crippen LogP contribution in [0.15, 0.2) is 24.3 Å². The number of fused-ring (bicyclic) bond motifs is 1. The first-order chi connectivity index (χ1) is 10.1. The second-order valence-electron chi connectivity index (χ2n) is 5.92. The first-order valence-corrected chi connectivity index (χ1v) is 7.80. The number of amides is 1. The number of ether oxygens (including phenoxy) is 1. The fraction of sp³-hybridized carbons (Fsp3) is 0.588. The lowest BCUT2D eigenvalue weighted by molar-refractivity contribution is -0.124. The van der Waals surface area contributed by atoms with Gasteiger partial charge in [-0.15, -0.1) is 0 Å². The molecule has 4 heteroatoms. The summed E-state index contributed by atoms with van der Waals surface area (Å²) >= 11 is 0. The number of hydrogen-bond donors (Lipinski definition) is 2. The number of benzene rings is 1. The molecule has 1 aromatic carbocycles. The molecule has 1 amide bonds. The molecular formula is C17H26N2O2. The number of carbonyl (C=O) groups excluding carboxylic acids is 1. The van der Waals surface area contributed by atoms with Gasteiger partial charge < -0.3 is 15.4 Å². The molecule has 21 heavy (non-hydrogen) atoms. The highest BCUT2D eigenvalue weighted by molar-refractivity contribution is 5.82. The number of carbonyl (C=O) groups is 1. The van der Waals surface area contributed by atoms with Gasteiger partial charge in [0.25, 0.3) is 0 Å². The summed E-state index contributed by atoms with van der Waals surface area (Å²) in [6.07, 6.45) is 0.751. The smallest absolute Gasteiger partial charge is 0.237 e. The Morgan fingerprint density at radius 1 is 1.38 bits per heavy atom. The Hall–Kier alpha value is -1.39. The Kier molecular flexibility index (Phi) is 5.76. The van der Waals surface area contributed by atoms with Crippen LogP contribution in [0.4, 0.5) is 0 Å². The van der Waals surface area contributed by atoms with Gasteiger partial charge in [0.15, 0.2) is 0 Å². The van der Waals surface area contributed by atoms with Gasteiger partial charge in [-0.1, -0.05) is 38.1 Å². The van der Waals surface area contributed by atoms with Crippen molar-refractivity contribution in [2.75, 3.05) is 13.2 Å². The lowest BCUT2D eigenvalue weighted by Crippen LogP contribution is -2.52. The van der Waals surface area contributed by atoms with E-state index >= 15 is 0 Å². The Bertz CT molecular complexity index is 474. The standard InChI is InChI=1S/C17H26N2O2/c1-4-21-11-16(12(2)3)19-17(20)15-9-13-7-5-6-8-14(13)10-18-15/h5-8,12,15-16,18H,4,9-11H2,1-3H3,(H,19,20)/t15-,16?/m1/s1. The van der Waals surface area contributed by atoms with Gasteiger partial charge in [-0.3, -0.25) is 4.79 Å². The minimum absolute atomic E-state index is 0.0661. The van der Waals surface area contributed by atoms with Crippen molar-refractivity contribution in [1.82, 2.24) is 10.6 Å². The monoisotopic (exact) mass is 290 g/mol. The van der Waals surface area contributed by atoms with E-state index in [-0.39, 0.29) is 18.0 Å². The molecular weight excluding hydrogens is 264 g/mol. The predicted molar refractivity (Wildman–Crippen MR) is 84.0 cm³/mol. The fourth-order valence-electron chi connectivity index (χ4n) is 2.57. The largest absolute Gasteiger partial charge is 0.380 e. The minimum atomic E-state index is -0.150. The van der Waals surface area contributed by atoms with Gasteiger partial charge >= 0.3 is 0 Å². The molecule has 1 aliphatic rings. The molecule has 116 valence electrons. The number of rotatable bonds is 6. The van der Waals surface area contributed by atoms with Crippen molar-refractivity contribution < 1.29 is 9.53 Å². The predicted octanol–water partition coefficient (Wildman–Crippen LogP) is 1.88. The van der Waals surface area contributed by atoms with Crippen LogP contribution in [0.1, 0.15) is 31.9 Å². The zero-order valence-electron chi connectivity index (χ0n) is 13.2. The Labute approximate surface area is 127 Å². The van der Waals surface area contributed by atoms with Gasteiger partial charge in [0.2, 0.25) is 5.91 Å². The van der Waals surface area contributed by atoms with E-state index in [0.29, 0.717) is 19.1 Å². The Morgan fingerprint density at radius 2 is 2.10 bits per heavy atom. The van der Waals surface area contributed by atoms with Crippen molar-refractivity contribution in [1.29, 1.82) is 0 Å². The zero-order chi connectivity index (χ0) is 15.2. The number of hydrogen-bond acceptors (Lipinski definition) is 3. The average molecular weight is 290 g/mol. The summed E-state index contributed by atoms with van der Waals surface area (Å²) in [6, 6.07) is 8.21. The lowest BCUT2D eigenvalue weighted by Gasteiger charge is -2.29. The molecule has 0 spiro atoms. The maximum Gasteiger partial charge on any atom is 0.237 e. The Morgan fingerprint density at radius 3 is 2.76 bits per heavy atom. The van der Waals surface area contributed by atoms with Gasteiger partial charge in [0, 0.05) is 13.2 Å². The molecule has 0 aliphatic carbocycles. The second kappa shape index (κ2) is 7.57. The molecule has 4 nitrogen and oxygen atoms in total. The molecule has 0 radical (unpaired) electrons. The highest BCUT2D eigenvalue weighted by Gasteiger charge is 2.26. The molecule has 1 heterocycles. The van der Waals surface area contributed by atoms with Crippen molar-refractivity contribution >= 4 is 5.91 Å². The molecule has 1 unspecified atom stereocenters. The van der Waals surface area contributed by atoms with Crippen LogP contribution in [0, 0.1) is 5.92 Å². The first kappa shape index (κ1) is 16.0. The summed E-state index contributed by atoms with van der Waals surface area (Å²) in [7, 11) is 0. The van der Waals surface area contributed by atoms with Crippen molar-refractivity contribution in [2.24, 2.45) is 5.92 Å². The van der Waals surface area contributed by atoms with Crippen LogP contribution in [0.25, 0.3) is 0 Å². The van der Waals surface area contributed by atoms with Crippen molar-refractivity contribution in [3.8, 4) is 0 Å². The van der Waals surface area contributed by atoms with E-state index in [1.807, 2.05) is 19.1 Å². The van der Waals surface area contributed by atoms with E-state index in [4.69, 9.17) is 4.74 Å². The third kappa shape index (κ3) is 4.29. The number of nitrogens with one attached hydrogen (secondary N) is 2. The van der Waals surface area contributed by atoms with Crippen LogP contribution >= 0.6 is 0 Å². The maximum absolute atomic E-state index is 12.5. The topological polar surface area (TPSA) is 50.4 Å². The van der Waals surface area contributed by atoms with Crippen molar-refractivity contribution in [3.05, 3.63) is 35.4 Å². The molecule has 0 bridgehead atoms. The van der Waals surface area contributed by atoms with E-state index in [1.165, 1.54) is 11.1 Å². The van der Waals surface area contributed by atoms with Gasteiger partial charge in [0.1, 0.15) is 0 Å². The summed E-state index contributed by atoms with van der Waals surface area (Å²) in [6.45, 7) is 8.18. The fourth-order valence-corrected chi connectivity index (χ4v) is 2.57. The lowest BCUT2D eigenvalue weighted by atomic mass is 9.95. The SMILES string of the molecule is CCOCC(NC(=O)[C@H]1Cc2ccccc2CN1)C(C)C. The van der Waals surface area contributed by atoms with E-state index < -0.39 is 0 Å². The summed E-state index contributed by atoms with van der Waals surface area (Å²) in [5, 5.41) is 6.45. The van der Waals surface area contributed by atoms with Crippen LogP contribution in [0.5, 0.6) is 0 Å². The van der Waals surface area contributed by atoms with Gasteiger partial charge in [-0.2, -0.15) is 0 Å². The summed E-state index contributed by atoms with van der Waals surface area (Å²) in [4.78, 5) is 12.5. The third-order valence-electron chi connectivity index (χ3n) is 4.03. The average Bonchev–Trinajstić information content (AvgIpc) is 2.50. The molecule has 1 aliphatic heterocycles. The van der Waals surface area contributed by atoms with Gasteiger partial charge in [-0.05, 0) is 30.4 Å². The van der Waals surface area contributed by atoms with Crippen LogP contribution in [-0.4, -0.2) is 31.2 Å². The quantitative estimate of drug-likeness (QED) is 0.841. The maximum atomic E-state index is 12.5. The highest BCUT2D eigenvalue weighted by atomic mass is 16.5. The second-order valence-corrected chi connectivity index (χ2v) is 5.92. The van der Waals surface area contributed by atoms with Crippen LogP contribution < -0.4 is 10.6 Å². The third-order valence-corrected chi connectivity index (χ3v) is 4.03. The van der Waals surface area contributed by atoms with E-state index in [2.05, 4.69) is 36.6 Å². The van der Waals surface area contributed by atoms with Crippen LogP contribution in [0.3, 0.4) is 0 Å². The molecule has 0 aromatic heterocycles. The van der Waals surface area contributed by atoms with Gasteiger partial charge in [-0.25, -0.2) is 0 Å². The summed E-state index contributed by atoms with van der Waals surface area (Å²) in [5.41, 5.74) is 2.55. The molecule has 2 rings (SSSR count). The van der Waals surface area contributed by atoms with Crippen molar-refractivity contribution in [2.45, 2.75) is 45.8 Å². The molecule has 0 saturated heterocycles. The normalized spacial score (nSPS) is 19.1. The zero-order valence-corrected chi connectivity index (χ0v) is 13.2. The molecule has 0 saturated carbocycles. The molecule has 2 atom stereocenters. The summed E-state index contributed by atoms with van der Waals surface area (Å²) < 4.78 is 5.47. The highest BCUT2D eigenvalue weighted by Crippen LogP contribution is 2.16. The van der Waals surface area contributed by atoms with Gasteiger partial charge in [0.05, 0.1) is 18.7 Å². The van der Waals surface area contributed by atoms with Crippen molar-refractivity contribution in [3.63, 3.8) is 0 Å². The van der Waals surface area contributed by atoms with E-state index in [9.17, 15) is 4.79 Å². The van der Waals surface area contributed by atoms with E-state index in [0.717, 1.165) is 13.0 Å². The molecule has 2 N–H and O–H groups in total. The first-order valence-electron chi connectivity index (χ1n) is 7.80. The minimum Gasteiger partial charge on any atom is -0.380 e. The molecule has 0 fully saturated rings. The Balaban J connectivity index is 1.94. The van der Waals surface area contributed by atoms with Crippen LogP contribution in [-0.2, 0) is 22.5 Å². The van der Waals surface area contributed by atoms with E-state index in [1.54, 1.807) is 0 Å². The molecule has 1 aromatic rings.